The van der Waals surface area contributed by atoms with Crippen LogP contribution < -0.4 is 5.32 Å². The summed E-state index contributed by atoms with van der Waals surface area (Å²) in [6.45, 7) is 5.04. The molecule has 1 aliphatic rings. The highest BCUT2D eigenvalue weighted by Gasteiger charge is 2.21. The Morgan fingerprint density at radius 1 is 1.39 bits per heavy atom. The first-order chi connectivity index (χ1) is 11.3. The van der Waals surface area contributed by atoms with Crippen LogP contribution in [0, 0.1) is 5.92 Å². The molecule has 1 fully saturated rings. The van der Waals surface area contributed by atoms with Gasteiger partial charge in [0.1, 0.15) is 0 Å². The third-order valence-corrected chi connectivity index (χ3v) is 4.82. The van der Waals surface area contributed by atoms with Gasteiger partial charge in [-0.2, -0.15) is 11.3 Å². The maximum absolute atomic E-state index is 12.5. The second kappa shape index (κ2) is 7.62. The van der Waals surface area contributed by atoms with Gasteiger partial charge >= 0.3 is 6.03 Å². The summed E-state index contributed by atoms with van der Waals surface area (Å²) in [5.74, 6) is 0.456. The molecule has 5 heteroatoms. The van der Waals surface area contributed by atoms with Gasteiger partial charge in [0, 0.05) is 31.3 Å². The zero-order valence-electron chi connectivity index (χ0n) is 13.3. The van der Waals surface area contributed by atoms with Crippen molar-refractivity contribution in [2.75, 3.05) is 31.6 Å². The summed E-state index contributed by atoms with van der Waals surface area (Å²) >= 11 is 1.67. The van der Waals surface area contributed by atoms with E-state index in [2.05, 4.69) is 28.2 Å². The number of urea groups is 1. The summed E-state index contributed by atoms with van der Waals surface area (Å²) in [5.41, 5.74) is 3.14. The lowest BCUT2D eigenvalue weighted by Crippen LogP contribution is -2.38. The average molecular weight is 330 g/mol. The van der Waals surface area contributed by atoms with Crippen molar-refractivity contribution in [1.82, 2.24) is 4.90 Å². The molecule has 2 amide bonds. The second-order valence-corrected chi connectivity index (χ2v) is 6.57. The Balaban J connectivity index is 1.65. The van der Waals surface area contributed by atoms with E-state index in [9.17, 15) is 4.79 Å². The molecule has 3 rings (SSSR count). The van der Waals surface area contributed by atoms with E-state index < -0.39 is 0 Å². The summed E-state index contributed by atoms with van der Waals surface area (Å²) in [5, 5.41) is 7.19. The van der Waals surface area contributed by atoms with Crippen LogP contribution in [-0.2, 0) is 4.74 Å². The molecule has 0 saturated carbocycles. The van der Waals surface area contributed by atoms with E-state index in [-0.39, 0.29) is 6.03 Å². The molecule has 0 spiro atoms. The van der Waals surface area contributed by atoms with E-state index in [1.807, 2.05) is 30.0 Å². The van der Waals surface area contributed by atoms with Crippen LogP contribution in [0.5, 0.6) is 0 Å². The van der Waals surface area contributed by atoms with Crippen molar-refractivity contribution in [3.63, 3.8) is 0 Å². The summed E-state index contributed by atoms with van der Waals surface area (Å²) in [6.07, 6.45) is 1.04. The zero-order chi connectivity index (χ0) is 16.1. The maximum atomic E-state index is 12.5. The van der Waals surface area contributed by atoms with Crippen LogP contribution in [-0.4, -0.2) is 37.2 Å². The van der Waals surface area contributed by atoms with Gasteiger partial charge in [0.05, 0.1) is 6.61 Å². The third kappa shape index (κ3) is 4.12. The van der Waals surface area contributed by atoms with Crippen molar-refractivity contribution in [1.29, 1.82) is 0 Å². The smallest absolute Gasteiger partial charge is 0.321 e. The van der Waals surface area contributed by atoms with E-state index in [0.29, 0.717) is 12.5 Å². The van der Waals surface area contributed by atoms with E-state index in [1.54, 1.807) is 11.3 Å². The molecule has 1 atom stereocenters. The number of nitrogens with one attached hydrogen (secondary N) is 1. The molecule has 0 radical (unpaired) electrons. The van der Waals surface area contributed by atoms with Gasteiger partial charge in [0.2, 0.25) is 0 Å². The number of carbonyl (C=O) groups is 1. The summed E-state index contributed by atoms with van der Waals surface area (Å²) in [4.78, 5) is 14.4. The van der Waals surface area contributed by atoms with Gasteiger partial charge in [0.15, 0.2) is 0 Å². The number of benzene rings is 1. The molecule has 0 aliphatic carbocycles. The van der Waals surface area contributed by atoms with Crippen molar-refractivity contribution in [3.05, 3.63) is 41.1 Å². The number of rotatable bonds is 5. The van der Waals surface area contributed by atoms with Crippen LogP contribution in [0.3, 0.4) is 0 Å². The highest BCUT2D eigenvalue weighted by Crippen LogP contribution is 2.25. The van der Waals surface area contributed by atoms with Crippen LogP contribution in [0.4, 0.5) is 10.5 Å². The molecule has 122 valence electrons. The zero-order valence-corrected chi connectivity index (χ0v) is 14.1. The largest absolute Gasteiger partial charge is 0.381 e. The van der Waals surface area contributed by atoms with Crippen LogP contribution in [0.15, 0.2) is 41.1 Å². The predicted octanol–water partition coefficient (Wildman–Crippen LogP) is 4.31. The molecule has 0 bridgehead atoms. The first-order valence-electron chi connectivity index (χ1n) is 8.02. The topological polar surface area (TPSA) is 41.6 Å². The Kier molecular flexibility index (Phi) is 5.31. The van der Waals surface area contributed by atoms with E-state index in [0.717, 1.165) is 37.4 Å². The fraction of sp³-hybridized carbons (Fsp3) is 0.389. The van der Waals surface area contributed by atoms with Gasteiger partial charge in [-0.05, 0) is 53.4 Å². The van der Waals surface area contributed by atoms with Crippen LogP contribution in [0.2, 0.25) is 0 Å². The van der Waals surface area contributed by atoms with E-state index in [1.165, 1.54) is 5.56 Å². The first kappa shape index (κ1) is 16.0. The second-order valence-electron chi connectivity index (χ2n) is 5.79. The number of amides is 2. The fourth-order valence-electron chi connectivity index (χ4n) is 2.80. The van der Waals surface area contributed by atoms with Gasteiger partial charge in [-0.25, -0.2) is 4.79 Å². The van der Waals surface area contributed by atoms with Crippen molar-refractivity contribution in [2.45, 2.75) is 13.3 Å². The van der Waals surface area contributed by atoms with E-state index >= 15 is 0 Å². The Morgan fingerprint density at radius 3 is 3.00 bits per heavy atom. The van der Waals surface area contributed by atoms with Gasteiger partial charge < -0.3 is 15.0 Å². The Morgan fingerprint density at radius 2 is 2.30 bits per heavy atom. The fourth-order valence-corrected chi connectivity index (χ4v) is 3.47. The monoisotopic (exact) mass is 330 g/mol. The standard InChI is InChI=1S/C18H22N2O2S/c1-2-20(11-14-6-8-22-12-14)18(21)19-17-5-3-4-15(10-17)16-7-9-23-13-16/h3-5,7,9-10,13-14H,2,6,8,11-12H2,1H3,(H,19,21). The molecule has 1 aromatic carbocycles. The molecule has 4 nitrogen and oxygen atoms in total. The molecule has 1 unspecified atom stereocenters. The van der Waals surface area contributed by atoms with Crippen molar-refractivity contribution in [3.8, 4) is 11.1 Å². The highest BCUT2D eigenvalue weighted by molar-refractivity contribution is 7.08. The SMILES string of the molecule is CCN(CC1CCOC1)C(=O)Nc1cccc(-c2ccsc2)c1. The lowest BCUT2D eigenvalue weighted by Gasteiger charge is -2.24. The molecule has 1 aliphatic heterocycles. The maximum Gasteiger partial charge on any atom is 0.321 e. The molecule has 23 heavy (non-hydrogen) atoms. The lowest BCUT2D eigenvalue weighted by molar-refractivity contribution is 0.171. The third-order valence-electron chi connectivity index (χ3n) is 4.14. The number of nitrogens with zero attached hydrogens (tertiary/aromatic N) is 1. The molecular weight excluding hydrogens is 308 g/mol. The molecule has 1 saturated heterocycles. The molecule has 1 aromatic heterocycles. The summed E-state index contributed by atoms with van der Waals surface area (Å²) < 4.78 is 5.40. The summed E-state index contributed by atoms with van der Waals surface area (Å²) in [6, 6.07) is 10.0. The molecule has 1 N–H and O–H groups in total. The predicted molar refractivity (Wildman–Crippen MR) is 94.9 cm³/mol. The summed E-state index contributed by atoms with van der Waals surface area (Å²) in [7, 11) is 0. The molecular formula is C18H22N2O2S. The van der Waals surface area contributed by atoms with Crippen LogP contribution in [0.25, 0.3) is 11.1 Å². The number of thiophene rings is 1. The Labute approximate surface area is 141 Å². The molecule has 2 aromatic rings. The first-order valence-corrected chi connectivity index (χ1v) is 8.97. The minimum atomic E-state index is -0.0399. The minimum Gasteiger partial charge on any atom is -0.381 e. The number of hydrogen-bond donors (Lipinski definition) is 1. The van der Waals surface area contributed by atoms with Crippen LogP contribution in [0.1, 0.15) is 13.3 Å². The minimum absolute atomic E-state index is 0.0399. The number of hydrogen-bond acceptors (Lipinski definition) is 3. The van der Waals surface area contributed by atoms with Gasteiger partial charge in [-0.1, -0.05) is 12.1 Å². The Bertz CT molecular complexity index is 636. The van der Waals surface area contributed by atoms with Crippen molar-refractivity contribution < 1.29 is 9.53 Å². The molecule has 2 heterocycles. The number of anilines is 1. The van der Waals surface area contributed by atoms with Gasteiger partial charge in [-0.3, -0.25) is 0 Å². The van der Waals surface area contributed by atoms with Crippen molar-refractivity contribution in [2.24, 2.45) is 5.92 Å². The van der Waals surface area contributed by atoms with Crippen molar-refractivity contribution >= 4 is 23.1 Å². The van der Waals surface area contributed by atoms with Gasteiger partial charge in [0.25, 0.3) is 0 Å². The number of carbonyl (C=O) groups excluding carboxylic acids is 1. The Hall–Kier alpha value is -1.85. The number of ether oxygens (including phenoxy) is 1. The van der Waals surface area contributed by atoms with E-state index in [4.69, 9.17) is 4.74 Å². The quantitative estimate of drug-likeness (QED) is 0.888. The lowest BCUT2D eigenvalue weighted by atomic mass is 10.1. The van der Waals surface area contributed by atoms with Gasteiger partial charge in [-0.15, -0.1) is 0 Å². The van der Waals surface area contributed by atoms with Crippen LogP contribution >= 0.6 is 11.3 Å². The normalized spacial score (nSPS) is 17.2. The average Bonchev–Trinajstić information content (AvgIpc) is 3.26. The highest BCUT2D eigenvalue weighted by atomic mass is 32.1.